The minimum Gasteiger partial charge on any atom is -0.480 e. The molecule has 1 N–H and O–H groups in total. The first-order valence-electron chi connectivity index (χ1n) is 5.98. The highest BCUT2D eigenvalue weighted by Crippen LogP contribution is 2.25. The minimum absolute atomic E-state index is 0.00892. The van der Waals surface area contributed by atoms with Crippen molar-refractivity contribution in [2.45, 2.75) is 18.9 Å². The van der Waals surface area contributed by atoms with Crippen LogP contribution in [-0.2, 0) is 9.53 Å². The fourth-order valence-corrected chi connectivity index (χ4v) is 2.41. The molecule has 1 saturated heterocycles. The van der Waals surface area contributed by atoms with Crippen molar-refractivity contribution in [1.82, 2.24) is 0 Å². The second kappa shape index (κ2) is 6.07. The lowest BCUT2D eigenvalue weighted by atomic mass is 10.1. The van der Waals surface area contributed by atoms with Gasteiger partial charge in [-0.3, -0.25) is 4.79 Å². The van der Waals surface area contributed by atoms with E-state index in [2.05, 4.69) is 0 Å². The number of rotatable bonds is 4. The molecule has 0 radical (unpaired) electrons. The molecule has 4 nitrogen and oxygen atoms in total. The molecule has 1 heterocycles. The topological polar surface area (TPSA) is 49.8 Å². The molecule has 1 aliphatic heterocycles. The molecule has 0 atom stereocenters. The van der Waals surface area contributed by atoms with E-state index in [4.69, 9.17) is 21.4 Å². The SMILES string of the molecule is O=C(O)CN(c1cccc(Cl)c1)C1CCOCC1. The Hall–Kier alpha value is -1.26. The third-order valence-corrected chi connectivity index (χ3v) is 3.31. The van der Waals surface area contributed by atoms with Gasteiger partial charge >= 0.3 is 5.97 Å². The maximum atomic E-state index is 11.0. The van der Waals surface area contributed by atoms with Gasteiger partial charge in [-0.15, -0.1) is 0 Å². The number of carbonyl (C=O) groups is 1. The van der Waals surface area contributed by atoms with Crippen LogP contribution in [0, 0.1) is 0 Å². The van der Waals surface area contributed by atoms with Crippen LogP contribution < -0.4 is 4.90 Å². The van der Waals surface area contributed by atoms with E-state index in [9.17, 15) is 4.79 Å². The summed E-state index contributed by atoms with van der Waals surface area (Å²) in [6.45, 7) is 1.35. The number of benzene rings is 1. The molecule has 0 bridgehead atoms. The van der Waals surface area contributed by atoms with E-state index in [1.165, 1.54) is 0 Å². The first-order chi connectivity index (χ1) is 8.66. The lowest BCUT2D eigenvalue weighted by Crippen LogP contribution is -2.42. The summed E-state index contributed by atoms with van der Waals surface area (Å²) in [5.74, 6) is -0.832. The zero-order valence-corrected chi connectivity index (χ0v) is 10.8. The standard InChI is InChI=1S/C13H16ClNO3/c14-10-2-1-3-12(8-10)15(9-13(16)17)11-4-6-18-7-5-11/h1-3,8,11H,4-7,9H2,(H,16,17). The van der Waals surface area contributed by atoms with Gasteiger partial charge in [-0.25, -0.2) is 0 Å². The normalized spacial score (nSPS) is 16.5. The number of carboxylic acids is 1. The molecule has 1 aromatic rings. The van der Waals surface area contributed by atoms with Gasteiger partial charge in [-0.1, -0.05) is 17.7 Å². The maximum Gasteiger partial charge on any atom is 0.323 e. The van der Waals surface area contributed by atoms with Crippen LogP contribution in [0.2, 0.25) is 5.02 Å². The molecule has 2 rings (SSSR count). The Morgan fingerprint density at radius 3 is 2.78 bits per heavy atom. The van der Waals surface area contributed by atoms with Crippen LogP contribution in [0.5, 0.6) is 0 Å². The Balaban J connectivity index is 2.20. The molecule has 18 heavy (non-hydrogen) atoms. The van der Waals surface area contributed by atoms with Gasteiger partial charge < -0.3 is 14.7 Å². The highest BCUT2D eigenvalue weighted by Gasteiger charge is 2.23. The van der Waals surface area contributed by atoms with Crippen molar-refractivity contribution < 1.29 is 14.6 Å². The molecule has 0 aromatic heterocycles. The maximum absolute atomic E-state index is 11.0. The number of aliphatic carboxylic acids is 1. The number of nitrogens with zero attached hydrogens (tertiary/aromatic N) is 1. The monoisotopic (exact) mass is 269 g/mol. The molecular weight excluding hydrogens is 254 g/mol. The highest BCUT2D eigenvalue weighted by atomic mass is 35.5. The van der Waals surface area contributed by atoms with E-state index in [0.717, 1.165) is 18.5 Å². The molecule has 0 aliphatic carbocycles. The largest absolute Gasteiger partial charge is 0.480 e. The first kappa shape index (κ1) is 13.2. The van der Waals surface area contributed by atoms with Crippen LogP contribution >= 0.6 is 11.6 Å². The van der Waals surface area contributed by atoms with Gasteiger partial charge in [-0.05, 0) is 31.0 Å². The molecular formula is C13H16ClNO3. The molecule has 5 heteroatoms. The summed E-state index contributed by atoms with van der Waals surface area (Å²) in [7, 11) is 0. The summed E-state index contributed by atoms with van der Waals surface area (Å²) in [6, 6.07) is 7.53. The Morgan fingerprint density at radius 2 is 2.17 bits per heavy atom. The van der Waals surface area contributed by atoms with Crippen molar-refractivity contribution >= 4 is 23.3 Å². The molecule has 1 aromatic carbocycles. The van der Waals surface area contributed by atoms with Crippen molar-refractivity contribution in [3.8, 4) is 0 Å². The van der Waals surface area contributed by atoms with Crippen LogP contribution in [0.25, 0.3) is 0 Å². The summed E-state index contributed by atoms with van der Waals surface area (Å²) in [5.41, 5.74) is 0.858. The average Bonchev–Trinajstić information content (AvgIpc) is 2.37. The Kier molecular flexibility index (Phi) is 4.44. The summed E-state index contributed by atoms with van der Waals surface area (Å²) in [6.07, 6.45) is 1.69. The Bertz CT molecular complexity index is 418. The van der Waals surface area contributed by atoms with E-state index in [0.29, 0.717) is 18.2 Å². The van der Waals surface area contributed by atoms with Gasteiger partial charge in [0.25, 0.3) is 0 Å². The first-order valence-corrected chi connectivity index (χ1v) is 6.36. The summed E-state index contributed by atoms with van der Waals surface area (Å²) in [4.78, 5) is 12.9. The van der Waals surface area contributed by atoms with Gasteiger partial charge in [0.2, 0.25) is 0 Å². The van der Waals surface area contributed by atoms with Crippen molar-refractivity contribution in [1.29, 1.82) is 0 Å². The number of carboxylic acid groups (broad SMARTS) is 1. The van der Waals surface area contributed by atoms with E-state index >= 15 is 0 Å². The summed E-state index contributed by atoms with van der Waals surface area (Å²) >= 11 is 5.97. The van der Waals surface area contributed by atoms with Gasteiger partial charge in [0.1, 0.15) is 6.54 Å². The molecule has 1 fully saturated rings. The van der Waals surface area contributed by atoms with E-state index in [-0.39, 0.29) is 12.6 Å². The second-order valence-electron chi connectivity index (χ2n) is 4.35. The Morgan fingerprint density at radius 1 is 1.44 bits per heavy atom. The van der Waals surface area contributed by atoms with Crippen LogP contribution in [-0.4, -0.2) is 36.9 Å². The second-order valence-corrected chi connectivity index (χ2v) is 4.78. The van der Waals surface area contributed by atoms with Gasteiger partial charge in [0, 0.05) is 30.0 Å². The number of hydrogen-bond donors (Lipinski definition) is 1. The van der Waals surface area contributed by atoms with Crippen LogP contribution in [0.4, 0.5) is 5.69 Å². The smallest absolute Gasteiger partial charge is 0.323 e. The van der Waals surface area contributed by atoms with E-state index in [1.807, 2.05) is 17.0 Å². The minimum atomic E-state index is -0.832. The molecule has 0 amide bonds. The van der Waals surface area contributed by atoms with Crippen molar-refractivity contribution in [2.75, 3.05) is 24.7 Å². The number of hydrogen-bond acceptors (Lipinski definition) is 3. The number of anilines is 1. The highest BCUT2D eigenvalue weighted by molar-refractivity contribution is 6.30. The summed E-state index contributed by atoms with van der Waals surface area (Å²) < 4.78 is 5.31. The quantitative estimate of drug-likeness (QED) is 0.912. The van der Waals surface area contributed by atoms with Gasteiger partial charge in [0.05, 0.1) is 0 Å². The van der Waals surface area contributed by atoms with Crippen LogP contribution in [0.1, 0.15) is 12.8 Å². The van der Waals surface area contributed by atoms with Crippen LogP contribution in [0.3, 0.4) is 0 Å². The lowest BCUT2D eigenvalue weighted by molar-refractivity contribution is -0.135. The third-order valence-electron chi connectivity index (χ3n) is 3.08. The van der Waals surface area contributed by atoms with Crippen molar-refractivity contribution in [3.05, 3.63) is 29.3 Å². The van der Waals surface area contributed by atoms with E-state index < -0.39 is 5.97 Å². The van der Waals surface area contributed by atoms with E-state index in [1.54, 1.807) is 12.1 Å². The van der Waals surface area contributed by atoms with Gasteiger partial charge in [0.15, 0.2) is 0 Å². The van der Waals surface area contributed by atoms with Gasteiger partial charge in [-0.2, -0.15) is 0 Å². The van der Waals surface area contributed by atoms with Crippen molar-refractivity contribution in [2.24, 2.45) is 0 Å². The number of ether oxygens (including phenoxy) is 1. The summed E-state index contributed by atoms with van der Waals surface area (Å²) in [5, 5.41) is 9.66. The average molecular weight is 270 g/mol. The van der Waals surface area contributed by atoms with Crippen molar-refractivity contribution in [3.63, 3.8) is 0 Å². The molecule has 98 valence electrons. The van der Waals surface area contributed by atoms with Crippen LogP contribution in [0.15, 0.2) is 24.3 Å². The molecule has 0 unspecified atom stereocenters. The Labute approximate surface area is 111 Å². The molecule has 1 aliphatic rings. The zero-order chi connectivity index (χ0) is 13.0. The predicted molar refractivity (Wildman–Crippen MR) is 70.3 cm³/mol. The molecule has 0 spiro atoms. The predicted octanol–water partition coefficient (Wildman–Crippen LogP) is 2.41. The number of halogens is 1. The fraction of sp³-hybridized carbons (Fsp3) is 0.462. The lowest BCUT2D eigenvalue weighted by Gasteiger charge is -2.35. The zero-order valence-electron chi connectivity index (χ0n) is 10.0. The molecule has 0 saturated carbocycles. The fourth-order valence-electron chi connectivity index (χ4n) is 2.23. The third kappa shape index (κ3) is 3.37.